The molecule has 0 aliphatic carbocycles. The van der Waals surface area contributed by atoms with E-state index in [2.05, 4.69) is 15.0 Å². The molecule has 0 amide bonds. The summed E-state index contributed by atoms with van der Waals surface area (Å²) in [5.74, 6) is -1.07. The van der Waals surface area contributed by atoms with Gasteiger partial charge in [0.05, 0.1) is 12.1 Å². The van der Waals surface area contributed by atoms with E-state index in [1.807, 2.05) is 31.6 Å². The summed E-state index contributed by atoms with van der Waals surface area (Å²) >= 11 is 0. The smallest absolute Gasteiger partial charge is 0.308 e. The standard InChI is InChI=1S/C16H20N4O2/c1-19-9-12(7-18-19)4-6-20-10-14(15(11-20)16(21)22)13-3-2-5-17-8-13/h2-3,5,7-9,14-15H,4,6,10-11H2,1H3,(H,21,22)/t14-,15+/m0/s1. The zero-order chi connectivity index (χ0) is 15.5. The molecule has 1 saturated heterocycles. The molecule has 2 aromatic heterocycles. The van der Waals surface area contributed by atoms with Gasteiger partial charge in [0.25, 0.3) is 0 Å². The van der Waals surface area contributed by atoms with Crippen molar-refractivity contribution < 1.29 is 9.90 Å². The molecular weight excluding hydrogens is 280 g/mol. The van der Waals surface area contributed by atoms with Gasteiger partial charge < -0.3 is 10.0 Å². The van der Waals surface area contributed by atoms with E-state index < -0.39 is 5.97 Å². The lowest BCUT2D eigenvalue weighted by Crippen LogP contribution is -2.25. The van der Waals surface area contributed by atoms with Crippen LogP contribution in [0.2, 0.25) is 0 Å². The largest absolute Gasteiger partial charge is 0.481 e. The number of aromatic nitrogens is 3. The molecular formula is C16H20N4O2. The van der Waals surface area contributed by atoms with E-state index in [0.29, 0.717) is 6.54 Å². The van der Waals surface area contributed by atoms with Gasteiger partial charge in [0.15, 0.2) is 0 Å². The van der Waals surface area contributed by atoms with E-state index >= 15 is 0 Å². The molecule has 0 aromatic carbocycles. The number of hydrogen-bond acceptors (Lipinski definition) is 4. The average Bonchev–Trinajstić information content (AvgIpc) is 3.12. The fourth-order valence-electron chi connectivity index (χ4n) is 3.14. The van der Waals surface area contributed by atoms with Gasteiger partial charge in [-0.2, -0.15) is 5.10 Å². The van der Waals surface area contributed by atoms with Crippen molar-refractivity contribution in [3.05, 3.63) is 48.0 Å². The number of pyridine rings is 1. The van der Waals surface area contributed by atoms with E-state index in [1.54, 1.807) is 17.1 Å². The SMILES string of the molecule is Cn1cc(CCN2C[C@@H](C(=O)O)[C@H](c3cccnc3)C2)cn1. The van der Waals surface area contributed by atoms with Crippen LogP contribution in [0.1, 0.15) is 17.0 Å². The molecule has 2 aromatic rings. The Morgan fingerprint density at radius 3 is 2.91 bits per heavy atom. The molecule has 0 bridgehead atoms. The van der Waals surface area contributed by atoms with Crippen LogP contribution in [0.4, 0.5) is 0 Å². The molecule has 0 radical (unpaired) electrons. The topological polar surface area (TPSA) is 71.2 Å². The number of rotatable bonds is 5. The van der Waals surface area contributed by atoms with E-state index in [9.17, 15) is 9.90 Å². The third-order valence-electron chi connectivity index (χ3n) is 4.30. The van der Waals surface area contributed by atoms with Crippen molar-refractivity contribution >= 4 is 5.97 Å². The molecule has 1 aliphatic heterocycles. The predicted molar refractivity (Wildman–Crippen MR) is 81.5 cm³/mol. The van der Waals surface area contributed by atoms with Crippen LogP contribution in [0.3, 0.4) is 0 Å². The number of carboxylic acid groups (broad SMARTS) is 1. The molecule has 6 heteroatoms. The molecule has 6 nitrogen and oxygen atoms in total. The van der Waals surface area contributed by atoms with Gasteiger partial charge in [0, 0.05) is 51.2 Å². The summed E-state index contributed by atoms with van der Waals surface area (Å²) in [6.45, 7) is 2.21. The first-order valence-corrected chi connectivity index (χ1v) is 7.46. The Hall–Kier alpha value is -2.21. The van der Waals surface area contributed by atoms with Crippen LogP contribution in [0.15, 0.2) is 36.9 Å². The number of aryl methyl sites for hydroxylation is 1. The summed E-state index contributed by atoms with van der Waals surface area (Å²) in [7, 11) is 1.90. The Morgan fingerprint density at radius 2 is 2.27 bits per heavy atom. The van der Waals surface area contributed by atoms with Crippen molar-refractivity contribution in [1.29, 1.82) is 0 Å². The molecule has 2 atom stereocenters. The number of carboxylic acids is 1. The van der Waals surface area contributed by atoms with Gasteiger partial charge in [0.2, 0.25) is 0 Å². The van der Waals surface area contributed by atoms with Crippen molar-refractivity contribution in [3.8, 4) is 0 Å². The van der Waals surface area contributed by atoms with Gasteiger partial charge >= 0.3 is 5.97 Å². The van der Waals surface area contributed by atoms with Crippen LogP contribution in [0.25, 0.3) is 0 Å². The molecule has 3 heterocycles. The van der Waals surface area contributed by atoms with Crippen molar-refractivity contribution in [3.63, 3.8) is 0 Å². The summed E-state index contributed by atoms with van der Waals surface area (Å²) in [5.41, 5.74) is 2.19. The van der Waals surface area contributed by atoms with Crippen LogP contribution in [0, 0.1) is 5.92 Å². The first-order valence-electron chi connectivity index (χ1n) is 7.46. The average molecular weight is 300 g/mol. The number of carbonyl (C=O) groups is 1. The van der Waals surface area contributed by atoms with Crippen LogP contribution >= 0.6 is 0 Å². The first-order chi connectivity index (χ1) is 10.6. The highest BCUT2D eigenvalue weighted by atomic mass is 16.4. The number of likely N-dealkylation sites (tertiary alicyclic amines) is 1. The normalized spacial score (nSPS) is 22.0. The highest BCUT2D eigenvalue weighted by molar-refractivity contribution is 5.72. The maximum absolute atomic E-state index is 11.5. The summed E-state index contributed by atoms with van der Waals surface area (Å²) in [4.78, 5) is 17.9. The summed E-state index contributed by atoms with van der Waals surface area (Å²) in [6, 6.07) is 3.84. The number of hydrogen-bond donors (Lipinski definition) is 1. The lowest BCUT2D eigenvalue weighted by Gasteiger charge is -2.15. The van der Waals surface area contributed by atoms with Crippen molar-refractivity contribution in [2.45, 2.75) is 12.3 Å². The maximum Gasteiger partial charge on any atom is 0.308 e. The monoisotopic (exact) mass is 300 g/mol. The Balaban J connectivity index is 1.66. The third-order valence-corrected chi connectivity index (χ3v) is 4.30. The van der Waals surface area contributed by atoms with Crippen LogP contribution < -0.4 is 0 Å². The fourth-order valence-corrected chi connectivity index (χ4v) is 3.14. The molecule has 1 fully saturated rings. The molecule has 1 N–H and O–H groups in total. The second kappa shape index (κ2) is 6.27. The van der Waals surface area contributed by atoms with E-state index in [-0.39, 0.29) is 11.8 Å². The van der Waals surface area contributed by atoms with Crippen molar-refractivity contribution in [2.24, 2.45) is 13.0 Å². The second-order valence-corrected chi connectivity index (χ2v) is 5.87. The summed E-state index contributed by atoms with van der Waals surface area (Å²) in [6.07, 6.45) is 8.26. The van der Waals surface area contributed by atoms with Crippen molar-refractivity contribution in [2.75, 3.05) is 19.6 Å². The predicted octanol–water partition coefficient (Wildman–Crippen LogP) is 1.16. The van der Waals surface area contributed by atoms with Crippen LogP contribution in [0.5, 0.6) is 0 Å². The third kappa shape index (κ3) is 3.17. The molecule has 0 unspecified atom stereocenters. The molecule has 116 valence electrons. The van der Waals surface area contributed by atoms with Crippen LogP contribution in [-0.4, -0.2) is 50.4 Å². The van der Waals surface area contributed by atoms with E-state index in [4.69, 9.17) is 0 Å². The van der Waals surface area contributed by atoms with Gasteiger partial charge in [0.1, 0.15) is 0 Å². The lowest BCUT2D eigenvalue weighted by atomic mass is 9.90. The van der Waals surface area contributed by atoms with Crippen LogP contribution in [-0.2, 0) is 18.3 Å². The minimum Gasteiger partial charge on any atom is -0.481 e. The first kappa shape index (κ1) is 14.7. The van der Waals surface area contributed by atoms with Gasteiger partial charge in [-0.05, 0) is 23.6 Å². The molecule has 3 rings (SSSR count). The summed E-state index contributed by atoms with van der Waals surface area (Å²) < 4.78 is 1.79. The van der Waals surface area contributed by atoms with Crippen molar-refractivity contribution in [1.82, 2.24) is 19.7 Å². The Kier molecular flexibility index (Phi) is 4.20. The van der Waals surface area contributed by atoms with E-state index in [1.165, 1.54) is 5.56 Å². The fraction of sp³-hybridized carbons (Fsp3) is 0.438. The highest BCUT2D eigenvalue weighted by Gasteiger charge is 2.38. The Bertz CT molecular complexity index is 641. The van der Waals surface area contributed by atoms with Gasteiger partial charge in [-0.25, -0.2) is 0 Å². The zero-order valence-corrected chi connectivity index (χ0v) is 12.6. The number of aliphatic carboxylic acids is 1. The van der Waals surface area contributed by atoms with Gasteiger partial charge in [-0.15, -0.1) is 0 Å². The van der Waals surface area contributed by atoms with Gasteiger partial charge in [-0.1, -0.05) is 6.07 Å². The lowest BCUT2D eigenvalue weighted by molar-refractivity contribution is -0.141. The highest BCUT2D eigenvalue weighted by Crippen LogP contribution is 2.32. The molecule has 0 saturated carbocycles. The number of nitrogens with zero attached hydrogens (tertiary/aromatic N) is 4. The molecule has 1 aliphatic rings. The Labute approximate surface area is 129 Å². The summed E-state index contributed by atoms with van der Waals surface area (Å²) in [5, 5.41) is 13.7. The quantitative estimate of drug-likeness (QED) is 0.897. The van der Waals surface area contributed by atoms with E-state index in [0.717, 1.165) is 25.1 Å². The van der Waals surface area contributed by atoms with Gasteiger partial charge in [-0.3, -0.25) is 14.5 Å². The zero-order valence-electron chi connectivity index (χ0n) is 12.6. The Morgan fingerprint density at radius 1 is 1.41 bits per heavy atom. The minimum absolute atomic E-state index is 0.0140. The molecule has 0 spiro atoms. The second-order valence-electron chi connectivity index (χ2n) is 5.87. The maximum atomic E-state index is 11.5. The molecule has 22 heavy (non-hydrogen) atoms. The minimum atomic E-state index is -0.724.